The van der Waals surface area contributed by atoms with Gasteiger partial charge in [-0.15, -0.1) is 0 Å². The number of benzene rings is 1. The molecule has 138 valence electrons. The summed E-state index contributed by atoms with van der Waals surface area (Å²) in [5, 5.41) is 2.80. The standard InChI is InChI=1S/C22H21FN2O2/c23-19-8-4-7-17(12-19)21-20(25-22(26)27-21)18-11-16(13-24-14-18)10-9-15-5-2-1-3-6-15/h4,7-8,11-15,20-21H,1-3,5-6H2,(H,25,26). The van der Waals surface area contributed by atoms with Crippen LogP contribution >= 0.6 is 0 Å². The van der Waals surface area contributed by atoms with Crippen LogP contribution in [0.15, 0.2) is 42.7 Å². The van der Waals surface area contributed by atoms with Crippen LogP contribution in [0.5, 0.6) is 0 Å². The molecule has 4 rings (SSSR count). The second-order valence-electron chi connectivity index (χ2n) is 7.11. The lowest BCUT2D eigenvalue weighted by Gasteiger charge is -2.17. The summed E-state index contributed by atoms with van der Waals surface area (Å²) in [6, 6.07) is 7.61. The maximum Gasteiger partial charge on any atom is 0.408 e. The Morgan fingerprint density at radius 2 is 1.96 bits per heavy atom. The Bertz CT molecular complexity index is 896. The number of alkyl carbamates (subject to hydrolysis) is 1. The van der Waals surface area contributed by atoms with Gasteiger partial charge < -0.3 is 10.1 Å². The van der Waals surface area contributed by atoms with Crippen molar-refractivity contribution in [3.63, 3.8) is 0 Å². The maximum atomic E-state index is 13.6. The van der Waals surface area contributed by atoms with Crippen molar-refractivity contribution >= 4 is 6.09 Å². The zero-order valence-electron chi connectivity index (χ0n) is 15.0. The third-order valence-electron chi connectivity index (χ3n) is 5.13. The number of cyclic esters (lactones) is 1. The Hall–Kier alpha value is -2.87. The van der Waals surface area contributed by atoms with Crippen molar-refractivity contribution < 1.29 is 13.9 Å². The van der Waals surface area contributed by atoms with Gasteiger partial charge in [0.1, 0.15) is 11.9 Å². The summed E-state index contributed by atoms with van der Waals surface area (Å²) in [7, 11) is 0. The number of aromatic nitrogens is 1. The molecular formula is C22H21FN2O2. The summed E-state index contributed by atoms with van der Waals surface area (Å²) in [6.45, 7) is 0. The molecule has 2 unspecified atom stereocenters. The monoisotopic (exact) mass is 364 g/mol. The molecule has 1 N–H and O–H groups in total. The highest BCUT2D eigenvalue weighted by Crippen LogP contribution is 2.36. The van der Waals surface area contributed by atoms with Gasteiger partial charge in [0.2, 0.25) is 0 Å². The molecule has 1 aliphatic carbocycles. The fourth-order valence-electron chi connectivity index (χ4n) is 3.75. The molecule has 1 saturated heterocycles. The molecule has 27 heavy (non-hydrogen) atoms. The molecule has 2 atom stereocenters. The molecule has 2 fully saturated rings. The van der Waals surface area contributed by atoms with E-state index in [4.69, 9.17) is 4.74 Å². The van der Waals surface area contributed by atoms with Crippen LogP contribution in [0.1, 0.15) is 60.9 Å². The van der Waals surface area contributed by atoms with E-state index in [0.717, 1.165) is 24.0 Å². The number of halogens is 1. The second kappa shape index (κ2) is 7.79. The predicted octanol–water partition coefficient (Wildman–Crippen LogP) is 4.67. The van der Waals surface area contributed by atoms with Gasteiger partial charge in [0.25, 0.3) is 0 Å². The zero-order valence-corrected chi connectivity index (χ0v) is 15.0. The Kier molecular flexibility index (Phi) is 5.06. The topological polar surface area (TPSA) is 51.2 Å². The Labute approximate surface area is 158 Å². The van der Waals surface area contributed by atoms with Gasteiger partial charge in [0.05, 0.1) is 0 Å². The highest BCUT2D eigenvalue weighted by Gasteiger charge is 2.36. The van der Waals surface area contributed by atoms with Crippen molar-refractivity contribution in [3.8, 4) is 11.8 Å². The molecule has 1 saturated carbocycles. The maximum absolute atomic E-state index is 13.6. The number of amides is 1. The number of nitrogens with zero attached hydrogens (tertiary/aromatic N) is 1. The molecule has 0 radical (unpaired) electrons. The van der Waals surface area contributed by atoms with E-state index in [2.05, 4.69) is 22.1 Å². The van der Waals surface area contributed by atoms with Crippen LogP contribution < -0.4 is 5.32 Å². The van der Waals surface area contributed by atoms with Gasteiger partial charge >= 0.3 is 6.09 Å². The summed E-state index contributed by atoms with van der Waals surface area (Å²) in [4.78, 5) is 16.1. The van der Waals surface area contributed by atoms with Crippen molar-refractivity contribution in [3.05, 3.63) is 65.2 Å². The minimum absolute atomic E-state index is 0.362. The number of rotatable bonds is 2. The predicted molar refractivity (Wildman–Crippen MR) is 99.2 cm³/mol. The fourth-order valence-corrected chi connectivity index (χ4v) is 3.75. The number of hydrogen-bond acceptors (Lipinski definition) is 3. The Balaban J connectivity index is 1.58. The van der Waals surface area contributed by atoms with Crippen LogP contribution in [0.3, 0.4) is 0 Å². The lowest BCUT2D eigenvalue weighted by Crippen LogP contribution is -2.19. The van der Waals surface area contributed by atoms with Crippen LogP contribution in [0.25, 0.3) is 0 Å². The minimum Gasteiger partial charge on any atom is -0.439 e. The van der Waals surface area contributed by atoms with Gasteiger partial charge in [-0.1, -0.05) is 43.2 Å². The zero-order chi connectivity index (χ0) is 18.6. The molecule has 2 aliphatic rings. The summed E-state index contributed by atoms with van der Waals surface area (Å²) in [6.07, 6.45) is 8.42. The average Bonchev–Trinajstić information content (AvgIpc) is 3.09. The van der Waals surface area contributed by atoms with Gasteiger partial charge in [0.15, 0.2) is 6.10 Å². The number of ether oxygens (including phenoxy) is 1. The summed E-state index contributed by atoms with van der Waals surface area (Å²) in [5.41, 5.74) is 2.22. The van der Waals surface area contributed by atoms with Gasteiger partial charge in [0, 0.05) is 23.9 Å². The quantitative estimate of drug-likeness (QED) is 0.788. The van der Waals surface area contributed by atoms with Crippen LogP contribution in [-0.2, 0) is 4.74 Å². The fraction of sp³-hybridized carbons (Fsp3) is 0.364. The van der Waals surface area contributed by atoms with E-state index in [0.29, 0.717) is 11.5 Å². The van der Waals surface area contributed by atoms with Crippen LogP contribution in [-0.4, -0.2) is 11.1 Å². The molecule has 0 spiro atoms. The molecule has 0 bridgehead atoms. The SMILES string of the molecule is O=C1NC(c2cncc(C#CC3CCCCC3)c2)C(c2cccc(F)c2)O1. The van der Waals surface area contributed by atoms with E-state index in [1.165, 1.54) is 31.4 Å². The number of nitrogens with one attached hydrogen (secondary N) is 1. The number of pyridine rings is 1. The van der Waals surface area contributed by atoms with Gasteiger partial charge in [-0.3, -0.25) is 4.98 Å². The van der Waals surface area contributed by atoms with E-state index in [1.807, 2.05) is 6.07 Å². The largest absolute Gasteiger partial charge is 0.439 e. The van der Waals surface area contributed by atoms with Crippen LogP contribution in [0, 0.1) is 23.6 Å². The van der Waals surface area contributed by atoms with Crippen molar-refractivity contribution in [1.82, 2.24) is 10.3 Å². The van der Waals surface area contributed by atoms with E-state index in [1.54, 1.807) is 24.5 Å². The first kappa shape index (κ1) is 17.5. The molecule has 1 aromatic carbocycles. The molecule has 1 amide bonds. The van der Waals surface area contributed by atoms with Gasteiger partial charge in [-0.2, -0.15) is 0 Å². The van der Waals surface area contributed by atoms with Crippen LogP contribution in [0.2, 0.25) is 0 Å². The van der Waals surface area contributed by atoms with E-state index in [-0.39, 0.29) is 5.82 Å². The van der Waals surface area contributed by atoms with Crippen molar-refractivity contribution in [2.75, 3.05) is 0 Å². The van der Waals surface area contributed by atoms with E-state index in [9.17, 15) is 9.18 Å². The minimum atomic E-state index is -0.600. The molecule has 5 heteroatoms. The van der Waals surface area contributed by atoms with Crippen molar-refractivity contribution in [2.45, 2.75) is 44.2 Å². The first-order chi connectivity index (χ1) is 13.2. The smallest absolute Gasteiger partial charge is 0.408 e. The highest BCUT2D eigenvalue weighted by molar-refractivity contribution is 5.71. The molecule has 4 nitrogen and oxygen atoms in total. The van der Waals surface area contributed by atoms with Gasteiger partial charge in [-0.25, -0.2) is 9.18 Å². The molecule has 1 aliphatic heterocycles. The van der Waals surface area contributed by atoms with Crippen molar-refractivity contribution in [1.29, 1.82) is 0 Å². The Morgan fingerprint density at radius 3 is 2.78 bits per heavy atom. The molecule has 1 aromatic heterocycles. The summed E-state index contributed by atoms with van der Waals surface area (Å²) >= 11 is 0. The second-order valence-corrected chi connectivity index (χ2v) is 7.11. The third kappa shape index (κ3) is 4.11. The first-order valence-electron chi connectivity index (χ1n) is 9.38. The normalized spacial score (nSPS) is 22.5. The lowest BCUT2D eigenvalue weighted by molar-refractivity contribution is 0.132. The van der Waals surface area contributed by atoms with E-state index < -0.39 is 18.2 Å². The highest BCUT2D eigenvalue weighted by atomic mass is 19.1. The molecule has 2 aromatic rings. The molecule has 2 heterocycles. The van der Waals surface area contributed by atoms with Gasteiger partial charge in [-0.05, 0) is 42.2 Å². The Morgan fingerprint density at radius 1 is 1.11 bits per heavy atom. The number of carbonyl (C=O) groups excluding carboxylic acids is 1. The number of carbonyl (C=O) groups is 1. The third-order valence-corrected chi connectivity index (χ3v) is 5.13. The van der Waals surface area contributed by atoms with Crippen LogP contribution in [0.4, 0.5) is 9.18 Å². The van der Waals surface area contributed by atoms with Crippen molar-refractivity contribution in [2.24, 2.45) is 5.92 Å². The lowest BCUT2D eigenvalue weighted by atomic mass is 9.89. The number of hydrogen-bond donors (Lipinski definition) is 1. The first-order valence-corrected chi connectivity index (χ1v) is 9.38. The molecular weight excluding hydrogens is 343 g/mol. The van der Waals surface area contributed by atoms with E-state index >= 15 is 0 Å². The summed E-state index contributed by atoms with van der Waals surface area (Å²) in [5.74, 6) is 6.68. The summed E-state index contributed by atoms with van der Waals surface area (Å²) < 4.78 is 19.0. The average molecular weight is 364 g/mol.